The van der Waals surface area contributed by atoms with E-state index in [0.29, 0.717) is 0 Å². The summed E-state index contributed by atoms with van der Waals surface area (Å²) in [7, 11) is 0. The van der Waals surface area contributed by atoms with E-state index in [2.05, 4.69) is 0 Å². The largest absolute Gasteiger partial charge is 0.375 e. The second kappa shape index (κ2) is 2.91. The number of rotatable bonds is 1. The molecule has 0 N–H and O–H groups in total. The third-order valence-corrected chi connectivity index (χ3v) is 2.35. The van der Waals surface area contributed by atoms with Crippen LogP contribution in [0.5, 0.6) is 0 Å². The van der Waals surface area contributed by atoms with Crippen LogP contribution >= 0.6 is 0 Å². The highest BCUT2D eigenvalue weighted by atomic mass is 16.6. The van der Waals surface area contributed by atoms with E-state index in [-0.39, 0.29) is 18.3 Å². The monoisotopic (exact) mass is 156 g/mol. The van der Waals surface area contributed by atoms with Gasteiger partial charge in [0.2, 0.25) is 0 Å². The van der Waals surface area contributed by atoms with E-state index in [0.717, 1.165) is 32.2 Å². The topological polar surface area (TPSA) is 35.5 Å². The van der Waals surface area contributed by atoms with Gasteiger partial charge in [-0.25, -0.2) is 0 Å². The normalized spacial score (nSPS) is 43.5. The average molecular weight is 156 g/mol. The summed E-state index contributed by atoms with van der Waals surface area (Å²) in [5.41, 5.74) is 0. The van der Waals surface area contributed by atoms with Crippen LogP contribution in [0.25, 0.3) is 0 Å². The Morgan fingerprint density at radius 3 is 3.00 bits per heavy atom. The molecule has 0 radical (unpaired) electrons. The summed E-state index contributed by atoms with van der Waals surface area (Å²) < 4.78 is 10.9. The summed E-state index contributed by atoms with van der Waals surface area (Å²) in [5.74, 6) is 0. The lowest BCUT2D eigenvalue weighted by Gasteiger charge is -2.23. The minimum absolute atomic E-state index is 0.193. The summed E-state index contributed by atoms with van der Waals surface area (Å²) >= 11 is 0. The van der Waals surface area contributed by atoms with Crippen LogP contribution < -0.4 is 0 Å². The molecule has 3 heteroatoms. The van der Waals surface area contributed by atoms with Gasteiger partial charge in [0.25, 0.3) is 0 Å². The molecule has 3 atom stereocenters. The minimum atomic E-state index is -0.205. The Hall–Kier alpha value is -0.410. The van der Waals surface area contributed by atoms with Crippen molar-refractivity contribution < 1.29 is 14.3 Å². The molecular formula is C8H12O3. The lowest BCUT2D eigenvalue weighted by atomic mass is 10.0. The first-order chi connectivity index (χ1) is 5.40. The molecule has 0 bridgehead atoms. The van der Waals surface area contributed by atoms with Gasteiger partial charge >= 0.3 is 0 Å². The lowest BCUT2D eigenvalue weighted by molar-refractivity contribution is -0.118. The number of hydrogen-bond donors (Lipinski definition) is 0. The molecule has 2 aliphatic heterocycles. The fraction of sp³-hybridized carbons (Fsp3) is 0.875. The second-order valence-corrected chi connectivity index (χ2v) is 3.14. The van der Waals surface area contributed by atoms with Crippen molar-refractivity contribution in [2.24, 2.45) is 0 Å². The van der Waals surface area contributed by atoms with Crippen molar-refractivity contribution in [3.8, 4) is 0 Å². The highest BCUT2D eigenvalue weighted by Crippen LogP contribution is 2.28. The Morgan fingerprint density at radius 1 is 1.36 bits per heavy atom. The number of hydrogen-bond acceptors (Lipinski definition) is 3. The fourth-order valence-corrected chi connectivity index (χ4v) is 1.78. The second-order valence-electron chi connectivity index (χ2n) is 3.14. The number of aldehydes is 1. The molecule has 0 aromatic heterocycles. The number of fused-ring (bicyclic) bond motifs is 1. The van der Waals surface area contributed by atoms with E-state index in [1.807, 2.05) is 0 Å². The number of carbonyl (C=O) groups is 1. The Kier molecular flexibility index (Phi) is 1.92. The molecule has 2 aliphatic rings. The van der Waals surface area contributed by atoms with E-state index in [1.54, 1.807) is 0 Å². The SMILES string of the molecule is O=CC1CC2OCCCC2O1. The molecule has 0 aromatic carbocycles. The molecule has 3 unspecified atom stereocenters. The standard InChI is InChI=1S/C8H12O3/c9-5-6-4-8-7(11-6)2-1-3-10-8/h5-8H,1-4H2. The molecule has 2 saturated heterocycles. The van der Waals surface area contributed by atoms with Crippen LogP contribution in [0, 0.1) is 0 Å². The van der Waals surface area contributed by atoms with Gasteiger partial charge in [0.15, 0.2) is 0 Å². The first-order valence-corrected chi connectivity index (χ1v) is 4.12. The van der Waals surface area contributed by atoms with Crippen LogP contribution in [0.3, 0.4) is 0 Å². The maximum Gasteiger partial charge on any atom is 0.148 e. The van der Waals surface area contributed by atoms with Gasteiger partial charge in [-0.1, -0.05) is 0 Å². The van der Waals surface area contributed by atoms with E-state index in [1.165, 1.54) is 0 Å². The van der Waals surface area contributed by atoms with Gasteiger partial charge in [0.1, 0.15) is 12.4 Å². The van der Waals surface area contributed by atoms with Crippen LogP contribution in [0.15, 0.2) is 0 Å². The van der Waals surface area contributed by atoms with Crippen LogP contribution in [0.1, 0.15) is 19.3 Å². The molecule has 0 amide bonds. The minimum Gasteiger partial charge on any atom is -0.375 e. The van der Waals surface area contributed by atoms with E-state index in [4.69, 9.17) is 9.47 Å². The average Bonchev–Trinajstić information content (AvgIpc) is 2.46. The van der Waals surface area contributed by atoms with Gasteiger partial charge in [0, 0.05) is 13.0 Å². The molecule has 0 spiro atoms. The first kappa shape index (κ1) is 7.25. The number of ether oxygens (including phenoxy) is 2. The third-order valence-electron chi connectivity index (χ3n) is 2.35. The van der Waals surface area contributed by atoms with Crippen LogP contribution in [0.4, 0.5) is 0 Å². The van der Waals surface area contributed by atoms with Crippen molar-refractivity contribution in [1.29, 1.82) is 0 Å². The zero-order chi connectivity index (χ0) is 7.68. The molecular weight excluding hydrogens is 144 g/mol. The van der Waals surface area contributed by atoms with E-state index in [9.17, 15) is 4.79 Å². The molecule has 62 valence electrons. The van der Waals surface area contributed by atoms with Gasteiger partial charge < -0.3 is 14.3 Å². The Labute approximate surface area is 65.7 Å². The van der Waals surface area contributed by atoms with Crippen molar-refractivity contribution in [3.05, 3.63) is 0 Å². The zero-order valence-corrected chi connectivity index (χ0v) is 6.36. The lowest BCUT2D eigenvalue weighted by Crippen LogP contribution is -2.29. The van der Waals surface area contributed by atoms with Gasteiger partial charge in [0.05, 0.1) is 12.2 Å². The van der Waals surface area contributed by atoms with Crippen LogP contribution in [-0.4, -0.2) is 31.2 Å². The smallest absolute Gasteiger partial charge is 0.148 e. The summed E-state index contributed by atoms with van der Waals surface area (Å²) in [5, 5.41) is 0. The van der Waals surface area contributed by atoms with Gasteiger partial charge in [-0.3, -0.25) is 0 Å². The maximum atomic E-state index is 10.4. The van der Waals surface area contributed by atoms with Crippen molar-refractivity contribution in [2.75, 3.05) is 6.61 Å². The van der Waals surface area contributed by atoms with E-state index >= 15 is 0 Å². The predicted octanol–water partition coefficient (Wildman–Crippen LogP) is 0.522. The molecule has 2 rings (SSSR count). The molecule has 0 aromatic rings. The van der Waals surface area contributed by atoms with Gasteiger partial charge in [-0.15, -0.1) is 0 Å². The highest BCUT2D eigenvalue weighted by Gasteiger charge is 2.37. The predicted molar refractivity (Wildman–Crippen MR) is 38.3 cm³/mol. The van der Waals surface area contributed by atoms with Crippen molar-refractivity contribution in [3.63, 3.8) is 0 Å². The summed E-state index contributed by atoms with van der Waals surface area (Å²) in [6, 6.07) is 0. The molecule has 2 fully saturated rings. The Morgan fingerprint density at radius 2 is 2.27 bits per heavy atom. The fourth-order valence-electron chi connectivity index (χ4n) is 1.78. The summed E-state index contributed by atoms with van der Waals surface area (Å²) in [4.78, 5) is 10.4. The molecule has 2 heterocycles. The zero-order valence-electron chi connectivity index (χ0n) is 6.36. The van der Waals surface area contributed by atoms with Crippen molar-refractivity contribution in [2.45, 2.75) is 37.6 Å². The van der Waals surface area contributed by atoms with E-state index < -0.39 is 0 Å². The Bertz CT molecular complexity index is 143. The molecule has 3 nitrogen and oxygen atoms in total. The van der Waals surface area contributed by atoms with Crippen molar-refractivity contribution >= 4 is 6.29 Å². The highest BCUT2D eigenvalue weighted by molar-refractivity contribution is 5.56. The summed E-state index contributed by atoms with van der Waals surface area (Å²) in [6.07, 6.45) is 3.93. The van der Waals surface area contributed by atoms with Crippen molar-refractivity contribution in [1.82, 2.24) is 0 Å². The maximum absolute atomic E-state index is 10.4. The van der Waals surface area contributed by atoms with Gasteiger partial charge in [-0.05, 0) is 12.8 Å². The van der Waals surface area contributed by atoms with Crippen LogP contribution in [-0.2, 0) is 14.3 Å². The Balaban J connectivity index is 1.97. The molecule has 0 saturated carbocycles. The van der Waals surface area contributed by atoms with Gasteiger partial charge in [-0.2, -0.15) is 0 Å². The molecule has 0 aliphatic carbocycles. The third kappa shape index (κ3) is 1.30. The summed E-state index contributed by atoms with van der Waals surface area (Å²) in [6.45, 7) is 0.829. The molecule has 11 heavy (non-hydrogen) atoms. The quantitative estimate of drug-likeness (QED) is 0.519. The number of carbonyl (C=O) groups excluding carboxylic acids is 1. The van der Waals surface area contributed by atoms with Crippen LogP contribution in [0.2, 0.25) is 0 Å². The first-order valence-electron chi connectivity index (χ1n) is 4.12.